The highest BCUT2D eigenvalue weighted by Gasteiger charge is 2.24. The van der Waals surface area contributed by atoms with Crippen LogP contribution >= 0.6 is 12.2 Å². The number of thiocarbonyl (C=S) groups is 1. The summed E-state index contributed by atoms with van der Waals surface area (Å²) in [7, 11) is 0. The molecule has 0 unspecified atom stereocenters. The third-order valence-electron chi connectivity index (χ3n) is 6.36. The van der Waals surface area contributed by atoms with Crippen molar-refractivity contribution < 1.29 is 9.72 Å². The largest absolute Gasteiger partial charge is 0.371 e. The van der Waals surface area contributed by atoms with Gasteiger partial charge in [0.2, 0.25) is 0 Å². The van der Waals surface area contributed by atoms with Crippen LogP contribution in [-0.2, 0) is 0 Å². The van der Waals surface area contributed by atoms with Crippen LogP contribution in [0, 0.1) is 16.0 Å². The molecule has 0 radical (unpaired) electrons. The van der Waals surface area contributed by atoms with Crippen LogP contribution in [0.2, 0.25) is 0 Å². The minimum atomic E-state index is -0.487. The quantitative estimate of drug-likeness (QED) is 0.378. The first kappa shape index (κ1) is 23.0. The Morgan fingerprint density at radius 1 is 1.06 bits per heavy atom. The van der Waals surface area contributed by atoms with Crippen molar-refractivity contribution in [1.82, 2.24) is 5.32 Å². The van der Waals surface area contributed by atoms with Crippen LogP contribution in [0.4, 0.5) is 22.7 Å². The van der Waals surface area contributed by atoms with E-state index in [4.69, 9.17) is 12.2 Å². The average Bonchev–Trinajstić information content (AvgIpc) is 3.34. The number of nitro groups is 1. The fraction of sp³-hybridized carbons (Fsp3) is 0.417. The number of nitro benzene ring substituents is 1. The predicted molar refractivity (Wildman–Crippen MR) is 135 cm³/mol. The van der Waals surface area contributed by atoms with E-state index in [1.54, 1.807) is 6.07 Å². The van der Waals surface area contributed by atoms with E-state index in [0.29, 0.717) is 11.6 Å². The molecule has 2 aliphatic heterocycles. The molecule has 2 aliphatic rings. The van der Waals surface area contributed by atoms with Crippen LogP contribution in [-0.4, -0.2) is 42.1 Å². The van der Waals surface area contributed by atoms with Gasteiger partial charge in [-0.25, -0.2) is 0 Å². The third-order valence-corrected chi connectivity index (χ3v) is 6.57. The summed E-state index contributed by atoms with van der Waals surface area (Å²) >= 11 is 5.39. The smallest absolute Gasteiger partial charge is 0.270 e. The number of nitrogens with zero attached hydrogens (tertiary/aromatic N) is 3. The lowest BCUT2D eigenvalue weighted by Gasteiger charge is -2.33. The first-order valence-corrected chi connectivity index (χ1v) is 11.8. The van der Waals surface area contributed by atoms with Gasteiger partial charge in [0.05, 0.1) is 16.2 Å². The summed E-state index contributed by atoms with van der Waals surface area (Å²) in [5.74, 6) is 0.171. The van der Waals surface area contributed by atoms with Crippen LogP contribution in [0.1, 0.15) is 43.0 Å². The summed E-state index contributed by atoms with van der Waals surface area (Å²) < 4.78 is 0. The maximum Gasteiger partial charge on any atom is 0.270 e. The summed E-state index contributed by atoms with van der Waals surface area (Å²) in [6, 6.07) is 12.4. The molecule has 0 saturated carbocycles. The Bertz CT molecular complexity index is 1050. The molecule has 2 fully saturated rings. The lowest BCUT2D eigenvalue weighted by Crippen LogP contribution is -2.37. The Balaban J connectivity index is 1.49. The molecule has 2 aromatic rings. The highest BCUT2D eigenvalue weighted by Crippen LogP contribution is 2.29. The van der Waals surface area contributed by atoms with E-state index in [1.807, 2.05) is 18.2 Å². The van der Waals surface area contributed by atoms with Crippen molar-refractivity contribution in [2.45, 2.75) is 32.6 Å². The Morgan fingerprint density at radius 2 is 1.79 bits per heavy atom. The van der Waals surface area contributed by atoms with E-state index in [9.17, 15) is 14.9 Å². The molecule has 4 rings (SSSR count). The molecule has 0 spiro atoms. The monoisotopic (exact) mass is 467 g/mol. The second-order valence-electron chi connectivity index (χ2n) is 8.78. The molecule has 0 bridgehead atoms. The first-order valence-electron chi connectivity index (χ1n) is 11.4. The van der Waals surface area contributed by atoms with Crippen LogP contribution in [0.15, 0.2) is 42.5 Å². The predicted octanol–water partition coefficient (Wildman–Crippen LogP) is 4.56. The molecule has 8 nitrogen and oxygen atoms in total. The molecule has 2 heterocycles. The summed E-state index contributed by atoms with van der Waals surface area (Å²) in [4.78, 5) is 28.4. The van der Waals surface area contributed by atoms with Gasteiger partial charge in [0.15, 0.2) is 5.11 Å². The standard InChI is InChI=1S/C24H29N5O3S/c1-17-9-13-28(14-10-17)22-8-7-20(29(31)32)16-21(22)23(30)26-24(33)25-18-5-4-6-19(15-18)27-11-2-3-12-27/h4-8,15-17H,2-3,9-14H2,1H3,(H2,25,26,30,33). The van der Waals surface area contributed by atoms with Gasteiger partial charge in [-0.1, -0.05) is 13.0 Å². The van der Waals surface area contributed by atoms with Crippen molar-refractivity contribution in [3.63, 3.8) is 0 Å². The number of carbonyl (C=O) groups is 1. The molecule has 33 heavy (non-hydrogen) atoms. The van der Waals surface area contributed by atoms with E-state index in [2.05, 4.69) is 33.4 Å². The van der Waals surface area contributed by atoms with Crippen LogP contribution in [0.25, 0.3) is 0 Å². The van der Waals surface area contributed by atoms with Gasteiger partial charge in [0.25, 0.3) is 11.6 Å². The molecule has 0 atom stereocenters. The van der Waals surface area contributed by atoms with Gasteiger partial charge in [-0.2, -0.15) is 0 Å². The zero-order chi connectivity index (χ0) is 23.4. The molecule has 2 N–H and O–H groups in total. The molecule has 9 heteroatoms. The minimum Gasteiger partial charge on any atom is -0.371 e. The second-order valence-corrected chi connectivity index (χ2v) is 9.19. The molecule has 0 aromatic heterocycles. The number of anilines is 3. The Labute approximate surface area is 199 Å². The van der Waals surface area contributed by atoms with E-state index in [1.165, 1.54) is 25.0 Å². The molecular weight excluding hydrogens is 438 g/mol. The number of piperidine rings is 1. The maximum atomic E-state index is 13.1. The topological polar surface area (TPSA) is 90.7 Å². The van der Waals surface area contributed by atoms with Crippen molar-refractivity contribution in [1.29, 1.82) is 0 Å². The second kappa shape index (κ2) is 10.2. The van der Waals surface area contributed by atoms with Crippen molar-refractivity contribution in [2.24, 2.45) is 5.92 Å². The van der Waals surface area contributed by atoms with Crippen LogP contribution < -0.4 is 20.4 Å². The van der Waals surface area contributed by atoms with Crippen LogP contribution in [0.3, 0.4) is 0 Å². The van der Waals surface area contributed by atoms with Crippen molar-refractivity contribution in [2.75, 3.05) is 41.3 Å². The van der Waals surface area contributed by atoms with E-state index < -0.39 is 10.8 Å². The van der Waals surface area contributed by atoms with E-state index in [-0.39, 0.29) is 16.4 Å². The normalized spacial score (nSPS) is 16.5. The maximum absolute atomic E-state index is 13.1. The van der Waals surface area contributed by atoms with Crippen LogP contribution in [0.5, 0.6) is 0 Å². The van der Waals surface area contributed by atoms with Gasteiger partial charge in [0.1, 0.15) is 0 Å². The summed E-state index contributed by atoms with van der Waals surface area (Å²) in [5, 5.41) is 17.3. The molecule has 1 amide bonds. The number of non-ortho nitro benzene ring substituents is 1. The van der Waals surface area contributed by atoms with Gasteiger partial charge in [0, 0.05) is 49.7 Å². The number of hydrogen-bond donors (Lipinski definition) is 2. The Kier molecular flexibility index (Phi) is 7.08. The van der Waals surface area contributed by atoms with E-state index >= 15 is 0 Å². The van der Waals surface area contributed by atoms with Gasteiger partial charge in [-0.15, -0.1) is 0 Å². The Hall–Kier alpha value is -3.20. The summed E-state index contributed by atoms with van der Waals surface area (Å²) in [6.07, 6.45) is 4.41. The number of benzene rings is 2. The summed E-state index contributed by atoms with van der Waals surface area (Å²) in [5.41, 5.74) is 2.74. The SMILES string of the molecule is CC1CCN(c2ccc([N+](=O)[O-])cc2C(=O)NC(=S)Nc2cccc(N3CCCC3)c2)CC1. The van der Waals surface area contributed by atoms with Crippen molar-refractivity contribution in [3.05, 3.63) is 58.1 Å². The number of carbonyl (C=O) groups excluding carboxylic acids is 1. The fourth-order valence-electron chi connectivity index (χ4n) is 4.43. The zero-order valence-electron chi connectivity index (χ0n) is 18.8. The highest BCUT2D eigenvalue weighted by molar-refractivity contribution is 7.80. The number of nitrogens with one attached hydrogen (secondary N) is 2. The van der Waals surface area contributed by atoms with Crippen molar-refractivity contribution in [3.8, 4) is 0 Å². The van der Waals surface area contributed by atoms with Gasteiger partial charge in [-0.05, 0) is 68.1 Å². The molecule has 174 valence electrons. The third kappa shape index (κ3) is 5.60. The molecule has 2 aromatic carbocycles. The van der Waals surface area contributed by atoms with Gasteiger partial charge >= 0.3 is 0 Å². The lowest BCUT2D eigenvalue weighted by atomic mass is 9.98. The lowest BCUT2D eigenvalue weighted by molar-refractivity contribution is -0.384. The number of hydrogen-bond acceptors (Lipinski definition) is 6. The molecular formula is C24H29N5O3S. The van der Waals surface area contributed by atoms with Crippen molar-refractivity contribution >= 4 is 46.0 Å². The summed E-state index contributed by atoms with van der Waals surface area (Å²) in [6.45, 7) is 5.91. The molecule has 2 saturated heterocycles. The number of rotatable bonds is 5. The minimum absolute atomic E-state index is 0.119. The highest BCUT2D eigenvalue weighted by atomic mass is 32.1. The molecule has 0 aliphatic carbocycles. The average molecular weight is 468 g/mol. The van der Waals surface area contributed by atoms with E-state index in [0.717, 1.165) is 50.4 Å². The fourth-order valence-corrected chi connectivity index (χ4v) is 4.64. The van der Waals surface area contributed by atoms with Gasteiger partial charge < -0.3 is 15.1 Å². The Morgan fingerprint density at radius 3 is 2.48 bits per heavy atom. The first-order chi connectivity index (χ1) is 15.9. The van der Waals surface area contributed by atoms with Gasteiger partial charge in [-0.3, -0.25) is 20.2 Å². The zero-order valence-corrected chi connectivity index (χ0v) is 19.6. The number of amides is 1.